The Hall–Kier alpha value is -3.20. The number of amides is 2. The molecule has 1 aromatic heterocycles. The van der Waals surface area contributed by atoms with E-state index in [-0.39, 0.29) is 25.0 Å². The van der Waals surface area contributed by atoms with Gasteiger partial charge in [-0.25, -0.2) is 4.98 Å². The van der Waals surface area contributed by atoms with E-state index in [0.717, 1.165) is 17.7 Å². The molecule has 0 radical (unpaired) electrons. The number of ether oxygens (including phenoxy) is 1. The van der Waals surface area contributed by atoms with Gasteiger partial charge in [-0.05, 0) is 18.1 Å². The molecule has 0 fully saturated rings. The summed E-state index contributed by atoms with van der Waals surface area (Å²) in [6, 6.07) is 7.26. The molecule has 0 saturated carbocycles. The summed E-state index contributed by atoms with van der Waals surface area (Å²) < 4.78 is 4.55. The molecule has 0 spiro atoms. The Morgan fingerprint density at radius 3 is 2.79 bits per heavy atom. The number of hydrogen-bond acceptors (Lipinski definition) is 6. The number of imidazole rings is 1. The van der Waals surface area contributed by atoms with Crippen molar-refractivity contribution in [1.82, 2.24) is 15.3 Å². The summed E-state index contributed by atoms with van der Waals surface area (Å²) >= 11 is 0. The predicted molar refractivity (Wildman–Crippen MR) is 106 cm³/mol. The molecule has 1 aliphatic rings. The lowest BCUT2D eigenvalue weighted by Gasteiger charge is -2.23. The van der Waals surface area contributed by atoms with Crippen LogP contribution in [0.3, 0.4) is 0 Å². The lowest BCUT2D eigenvalue weighted by atomic mass is 10.1. The number of hydrogen-bond donors (Lipinski definition) is 3. The number of aromatic amines is 1. The summed E-state index contributed by atoms with van der Waals surface area (Å²) in [7, 11) is 1.26. The minimum atomic E-state index is -0.541. The second-order valence-electron chi connectivity index (χ2n) is 6.77. The van der Waals surface area contributed by atoms with Crippen LogP contribution in [-0.4, -0.2) is 48.0 Å². The van der Waals surface area contributed by atoms with Gasteiger partial charge < -0.3 is 25.7 Å². The maximum absolute atomic E-state index is 12.6. The monoisotopic (exact) mass is 399 g/mol. The Labute approximate surface area is 168 Å². The summed E-state index contributed by atoms with van der Waals surface area (Å²) in [5, 5.41) is 2.53. The lowest BCUT2D eigenvalue weighted by Crippen LogP contribution is -2.37. The molecule has 9 nitrogen and oxygen atoms in total. The quantitative estimate of drug-likeness (QED) is 0.592. The first-order valence-electron chi connectivity index (χ1n) is 9.53. The fourth-order valence-corrected chi connectivity index (χ4v) is 3.52. The first-order chi connectivity index (χ1) is 14.0. The number of carbonyl (C=O) groups excluding carboxylic acids is 3. The molecule has 0 aliphatic carbocycles. The molecular weight excluding hydrogens is 374 g/mol. The number of aromatic nitrogens is 2. The van der Waals surface area contributed by atoms with Gasteiger partial charge in [-0.2, -0.15) is 0 Å². The number of para-hydroxylation sites is 1. The Morgan fingerprint density at radius 2 is 2.10 bits per heavy atom. The van der Waals surface area contributed by atoms with Crippen LogP contribution in [0, 0.1) is 0 Å². The van der Waals surface area contributed by atoms with E-state index in [4.69, 9.17) is 5.73 Å². The van der Waals surface area contributed by atoms with Gasteiger partial charge in [0.25, 0.3) is 5.91 Å². The lowest BCUT2D eigenvalue weighted by molar-refractivity contribution is -0.139. The number of nitrogens with one attached hydrogen (secondary N) is 2. The van der Waals surface area contributed by atoms with Gasteiger partial charge in [-0.3, -0.25) is 14.4 Å². The van der Waals surface area contributed by atoms with E-state index in [1.54, 1.807) is 4.90 Å². The molecule has 1 unspecified atom stereocenters. The Morgan fingerprint density at radius 1 is 1.34 bits per heavy atom. The molecule has 2 aromatic rings. The van der Waals surface area contributed by atoms with E-state index in [0.29, 0.717) is 30.1 Å². The van der Waals surface area contributed by atoms with Crippen LogP contribution in [-0.2, 0) is 27.2 Å². The first kappa shape index (κ1) is 20.5. The number of methoxy groups -OCH3 is 1. The van der Waals surface area contributed by atoms with Crippen molar-refractivity contribution in [2.24, 2.45) is 5.73 Å². The van der Waals surface area contributed by atoms with Gasteiger partial charge in [0.05, 0.1) is 25.4 Å². The molecule has 9 heteroatoms. The standard InChI is InChI=1S/C20H25N5O4/c1-3-6-13-18(20(28)22-11-17(27)29-2)24-19(23-13)15-9-12-7-4-5-8-14(12)25(15)16(26)10-21/h4-5,7-8,15H,3,6,9-11,21H2,1-2H3,(H,22,28)(H,23,24). The number of aryl methyl sites for hydroxylation is 1. The minimum Gasteiger partial charge on any atom is -0.468 e. The van der Waals surface area contributed by atoms with Gasteiger partial charge >= 0.3 is 5.97 Å². The topological polar surface area (TPSA) is 130 Å². The molecular formula is C20H25N5O4. The Kier molecular flexibility index (Phi) is 6.28. The maximum Gasteiger partial charge on any atom is 0.325 e. The summed E-state index contributed by atoms with van der Waals surface area (Å²) in [5.74, 6) is -0.675. The predicted octanol–water partition coefficient (Wildman–Crippen LogP) is 0.854. The molecule has 1 aliphatic heterocycles. The fraction of sp³-hybridized carbons (Fsp3) is 0.400. The van der Waals surface area contributed by atoms with Crippen molar-refractivity contribution in [2.45, 2.75) is 32.2 Å². The highest BCUT2D eigenvalue weighted by molar-refractivity contribution is 5.98. The number of esters is 1. The number of fused-ring (bicyclic) bond motifs is 1. The normalized spacial score (nSPS) is 15.1. The summed E-state index contributed by atoms with van der Waals surface area (Å²) in [6.45, 7) is 1.63. The zero-order valence-corrected chi connectivity index (χ0v) is 16.5. The van der Waals surface area contributed by atoms with Crippen LogP contribution in [0.15, 0.2) is 24.3 Å². The number of H-pyrrole nitrogens is 1. The smallest absolute Gasteiger partial charge is 0.325 e. The van der Waals surface area contributed by atoms with E-state index < -0.39 is 11.9 Å². The van der Waals surface area contributed by atoms with Crippen molar-refractivity contribution in [3.8, 4) is 0 Å². The van der Waals surface area contributed by atoms with Gasteiger partial charge in [0, 0.05) is 12.1 Å². The van der Waals surface area contributed by atoms with E-state index in [9.17, 15) is 14.4 Å². The van der Waals surface area contributed by atoms with Crippen LogP contribution in [0.25, 0.3) is 0 Å². The zero-order chi connectivity index (χ0) is 21.0. The maximum atomic E-state index is 12.6. The van der Waals surface area contributed by atoms with Gasteiger partial charge in [0.15, 0.2) is 0 Å². The third kappa shape index (κ3) is 4.14. The molecule has 1 aromatic carbocycles. The highest BCUT2D eigenvalue weighted by atomic mass is 16.5. The van der Waals surface area contributed by atoms with Crippen molar-refractivity contribution in [3.63, 3.8) is 0 Å². The van der Waals surface area contributed by atoms with Crippen molar-refractivity contribution in [2.75, 3.05) is 25.1 Å². The Bertz CT molecular complexity index is 923. The van der Waals surface area contributed by atoms with Crippen molar-refractivity contribution >= 4 is 23.5 Å². The second kappa shape index (κ2) is 8.87. The zero-order valence-electron chi connectivity index (χ0n) is 16.5. The molecule has 0 saturated heterocycles. The third-order valence-electron chi connectivity index (χ3n) is 4.87. The van der Waals surface area contributed by atoms with Gasteiger partial charge in [0.2, 0.25) is 5.91 Å². The first-order valence-corrected chi connectivity index (χ1v) is 9.53. The third-order valence-corrected chi connectivity index (χ3v) is 4.87. The molecule has 0 bridgehead atoms. The minimum absolute atomic E-state index is 0.125. The Balaban J connectivity index is 1.93. The number of benzene rings is 1. The van der Waals surface area contributed by atoms with Crippen LogP contribution in [0.2, 0.25) is 0 Å². The fourth-order valence-electron chi connectivity index (χ4n) is 3.52. The highest BCUT2D eigenvalue weighted by Crippen LogP contribution is 2.39. The number of carbonyl (C=O) groups is 3. The number of anilines is 1. The second-order valence-corrected chi connectivity index (χ2v) is 6.77. The molecule has 3 rings (SSSR count). The van der Waals surface area contributed by atoms with Crippen LogP contribution in [0.5, 0.6) is 0 Å². The molecule has 154 valence electrons. The van der Waals surface area contributed by atoms with E-state index in [1.807, 2.05) is 31.2 Å². The molecule has 2 amide bonds. The van der Waals surface area contributed by atoms with Crippen LogP contribution in [0.4, 0.5) is 5.69 Å². The molecule has 1 atom stereocenters. The average Bonchev–Trinajstić information content (AvgIpc) is 3.33. The van der Waals surface area contributed by atoms with Crippen LogP contribution in [0.1, 0.15) is 47.0 Å². The van der Waals surface area contributed by atoms with Gasteiger partial charge in [-0.15, -0.1) is 0 Å². The summed E-state index contributed by atoms with van der Waals surface area (Å²) in [5.41, 5.74) is 8.34. The van der Waals surface area contributed by atoms with E-state index >= 15 is 0 Å². The molecule has 29 heavy (non-hydrogen) atoms. The van der Waals surface area contributed by atoms with Gasteiger partial charge in [0.1, 0.15) is 18.1 Å². The van der Waals surface area contributed by atoms with E-state index in [2.05, 4.69) is 20.0 Å². The van der Waals surface area contributed by atoms with Crippen LogP contribution < -0.4 is 16.0 Å². The highest BCUT2D eigenvalue weighted by Gasteiger charge is 2.36. The SMILES string of the molecule is CCCc1nc(C2Cc3ccccc3N2C(=O)CN)[nH]c1C(=O)NCC(=O)OC. The van der Waals surface area contributed by atoms with E-state index in [1.165, 1.54) is 7.11 Å². The van der Waals surface area contributed by atoms with Crippen LogP contribution >= 0.6 is 0 Å². The molecule has 2 heterocycles. The largest absolute Gasteiger partial charge is 0.468 e. The van der Waals surface area contributed by atoms with Gasteiger partial charge in [-0.1, -0.05) is 31.5 Å². The summed E-state index contributed by atoms with van der Waals surface area (Å²) in [4.78, 5) is 45.8. The number of nitrogens with zero attached hydrogens (tertiary/aromatic N) is 2. The van der Waals surface area contributed by atoms with Crippen molar-refractivity contribution in [3.05, 3.63) is 47.0 Å². The summed E-state index contributed by atoms with van der Waals surface area (Å²) in [6.07, 6.45) is 1.95. The average molecular weight is 399 g/mol. The number of rotatable bonds is 7. The number of nitrogens with two attached hydrogens (primary N) is 1. The van der Waals surface area contributed by atoms with Crippen molar-refractivity contribution < 1.29 is 19.1 Å². The molecule has 4 N–H and O–H groups in total. The van der Waals surface area contributed by atoms with Crippen molar-refractivity contribution in [1.29, 1.82) is 0 Å².